The summed E-state index contributed by atoms with van der Waals surface area (Å²) in [5.41, 5.74) is 8.47. The minimum atomic E-state index is 0.420. The number of pyridine rings is 2. The van der Waals surface area contributed by atoms with E-state index < -0.39 is 0 Å². The number of nitrogens with one attached hydrogen (secondary N) is 1. The van der Waals surface area contributed by atoms with Gasteiger partial charge in [0.1, 0.15) is 5.52 Å². The predicted octanol–water partition coefficient (Wildman–Crippen LogP) is 1.71. The van der Waals surface area contributed by atoms with Gasteiger partial charge in [-0.1, -0.05) is 6.07 Å². The van der Waals surface area contributed by atoms with Crippen molar-refractivity contribution in [2.75, 3.05) is 31.5 Å². The van der Waals surface area contributed by atoms with Crippen LogP contribution in [-0.4, -0.2) is 56.6 Å². The van der Waals surface area contributed by atoms with Crippen LogP contribution < -0.4 is 11.1 Å². The van der Waals surface area contributed by atoms with E-state index in [1.54, 1.807) is 0 Å². The quantitative estimate of drug-likeness (QED) is 0.703. The summed E-state index contributed by atoms with van der Waals surface area (Å²) < 4.78 is 2.13. The van der Waals surface area contributed by atoms with Gasteiger partial charge in [0.2, 0.25) is 5.95 Å². The largest absolute Gasteiger partial charge is 0.353 e. The first-order chi connectivity index (χ1) is 12.8. The molecule has 0 unspecified atom stereocenters. The summed E-state index contributed by atoms with van der Waals surface area (Å²) in [5.74, 6) is 0.877. The summed E-state index contributed by atoms with van der Waals surface area (Å²) >= 11 is 0. The minimum Gasteiger partial charge on any atom is -0.353 e. The second kappa shape index (κ2) is 7.80. The molecule has 0 aromatic carbocycles. The molecule has 4 heterocycles. The highest BCUT2D eigenvalue weighted by Gasteiger charge is 2.21. The average molecular weight is 351 g/mol. The van der Waals surface area contributed by atoms with Crippen molar-refractivity contribution in [2.24, 2.45) is 5.73 Å². The number of nitrogens with zero attached hydrogens (tertiary/aromatic N) is 5. The molecule has 0 aliphatic carbocycles. The number of nitrogens with two attached hydrogens (primary N) is 1. The molecule has 0 amide bonds. The molecular formula is C19H25N7. The molecule has 7 heteroatoms. The van der Waals surface area contributed by atoms with Crippen molar-refractivity contribution in [3.8, 4) is 0 Å². The summed E-state index contributed by atoms with van der Waals surface area (Å²) in [6, 6.07) is 10.3. The molecule has 3 aromatic rings. The third kappa shape index (κ3) is 3.68. The van der Waals surface area contributed by atoms with E-state index in [1.807, 2.05) is 42.7 Å². The van der Waals surface area contributed by atoms with Crippen molar-refractivity contribution in [1.82, 2.24) is 24.4 Å². The van der Waals surface area contributed by atoms with Crippen LogP contribution in [0.5, 0.6) is 0 Å². The van der Waals surface area contributed by atoms with Gasteiger partial charge in [-0.15, -0.1) is 0 Å². The smallest absolute Gasteiger partial charge is 0.205 e. The van der Waals surface area contributed by atoms with Crippen molar-refractivity contribution in [2.45, 2.75) is 25.4 Å². The fraction of sp³-hybridized carbons (Fsp3) is 0.421. The van der Waals surface area contributed by atoms with Gasteiger partial charge in [-0.05, 0) is 37.1 Å². The minimum absolute atomic E-state index is 0.420. The topological polar surface area (TPSA) is 84.9 Å². The Morgan fingerprint density at radius 3 is 2.69 bits per heavy atom. The molecule has 0 spiro atoms. The molecule has 3 N–H and O–H groups in total. The third-order valence-corrected chi connectivity index (χ3v) is 4.92. The molecule has 136 valence electrons. The van der Waals surface area contributed by atoms with Crippen LogP contribution in [0.1, 0.15) is 18.5 Å². The van der Waals surface area contributed by atoms with Crippen molar-refractivity contribution >= 4 is 17.1 Å². The number of hydrogen-bond acceptors (Lipinski definition) is 6. The lowest BCUT2D eigenvalue weighted by Gasteiger charge is -2.32. The molecule has 1 saturated heterocycles. The number of piperidine rings is 1. The zero-order valence-corrected chi connectivity index (χ0v) is 14.9. The zero-order chi connectivity index (χ0) is 17.8. The number of hydrogen-bond donors (Lipinski definition) is 2. The highest BCUT2D eigenvalue weighted by Crippen LogP contribution is 2.22. The van der Waals surface area contributed by atoms with E-state index in [2.05, 4.69) is 24.8 Å². The Balaban J connectivity index is 1.56. The maximum absolute atomic E-state index is 5.67. The molecule has 4 rings (SSSR count). The van der Waals surface area contributed by atoms with Gasteiger partial charge in [0, 0.05) is 44.6 Å². The Kier molecular flexibility index (Phi) is 5.08. The van der Waals surface area contributed by atoms with Crippen LogP contribution in [0.2, 0.25) is 0 Å². The fourth-order valence-corrected chi connectivity index (χ4v) is 3.54. The number of aromatic nitrogens is 4. The number of anilines is 1. The SMILES string of the molecule is NCCN1CCC(Nc2nc3cccnc3n2Cc2ccccn2)CC1. The van der Waals surface area contributed by atoms with Crippen molar-refractivity contribution < 1.29 is 0 Å². The van der Waals surface area contributed by atoms with E-state index in [0.717, 1.165) is 61.8 Å². The van der Waals surface area contributed by atoms with Gasteiger partial charge in [-0.2, -0.15) is 0 Å². The number of likely N-dealkylation sites (tertiary alicyclic amines) is 1. The van der Waals surface area contributed by atoms with Crippen LogP contribution in [0.25, 0.3) is 11.2 Å². The normalized spacial score (nSPS) is 16.2. The van der Waals surface area contributed by atoms with Crippen molar-refractivity contribution in [3.63, 3.8) is 0 Å². The van der Waals surface area contributed by atoms with Gasteiger partial charge in [0.25, 0.3) is 0 Å². The van der Waals surface area contributed by atoms with Crippen LogP contribution in [0.4, 0.5) is 5.95 Å². The molecule has 1 aliphatic heterocycles. The van der Waals surface area contributed by atoms with Crippen molar-refractivity contribution in [3.05, 3.63) is 48.4 Å². The Bertz CT molecular complexity index is 837. The first kappa shape index (κ1) is 16.9. The molecule has 7 nitrogen and oxygen atoms in total. The molecule has 0 radical (unpaired) electrons. The van der Waals surface area contributed by atoms with E-state index in [4.69, 9.17) is 10.7 Å². The lowest BCUT2D eigenvalue weighted by atomic mass is 10.1. The Morgan fingerprint density at radius 2 is 1.92 bits per heavy atom. The highest BCUT2D eigenvalue weighted by atomic mass is 15.3. The van der Waals surface area contributed by atoms with Crippen LogP contribution in [0.3, 0.4) is 0 Å². The number of rotatable bonds is 6. The van der Waals surface area contributed by atoms with E-state index in [0.29, 0.717) is 12.6 Å². The molecule has 0 atom stereocenters. The number of imidazole rings is 1. The predicted molar refractivity (Wildman–Crippen MR) is 103 cm³/mol. The second-order valence-electron chi connectivity index (χ2n) is 6.74. The molecule has 0 saturated carbocycles. The van der Waals surface area contributed by atoms with E-state index in [1.165, 1.54) is 0 Å². The Morgan fingerprint density at radius 1 is 1.08 bits per heavy atom. The maximum Gasteiger partial charge on any atom is 0.205 e. The third-order valence-electron chi connectivity index (χ3n) is 4.92. The zero-order valence-electron chi connectivity index (χ0n) is 14.9. The molecule has 3 aromatic heterocycles. The van der Waals surface area contributed by atoms with Gasteiger partial charge < -0.3 is 16.0 Å². The van der Waals surface area contributed by atoms with Gasteiger partial charge >= 0.3 is 0 Å². The van der Waals surface area contributed by atoms with Crippen LogP contribution in [0, 0.1) is 0 Å². The summed E-state index contributed by atoms with van der Waals surface area (Å²) in [5, 5.41) is 3.65. The number of fused-ring (bicyclic) bond motifs is 1. The second-order valence-corrected chi connectivity index (χ2v) is 6.74. The first-order valence-electron chi connectivity index (χ1n) is 9.23. The van der Waals surface area contributed by atoms with E-state index in [-0.39, 0.29) is 0 Å². The van der Waals surface area contributed by atoms with E-state index >= 15 is 0 Å². The summed E-state index contributed by atoms with van der Waals surface area (Å²) in [6.07, 6.45) is 5.83. The lowest BCUT2D eigenvalue weighted by Crippen LogP contribution is -2.41. The first-order valence-corrected chi connectivity index (χ1v) is 9.23. The van der Waals surface area contributed by atoms with Crippen LogP contribution in [-0.2, 0) is 6.54 Å². The Hall–Kier alpha value is -2.51. The molecule has 1 fully saturated rings. The summed E-state index contributed by atoms with van der Waals surface area (Å²) in [7, 11) is 0. The highest BCUT2D eigenvalue weighted by molar-refractivity contribution is 5.74. The summed E-state index contributed by atoms with van der Waals surface area (Å²) in [6.45, 7) is 4.52. The maximum atomic E-state index is 5.67. The standard InChI is InChI=1S/C19H25N7/c20-8-13-25-11-6-15(7-12-25)23-19-24-17-5-3-10-22-18(17)26(19)14-16-4-1-2-9-21-16/h1-5,9-10,15H,6-8,11-14,20H2,(H,23,24). The lowest BCUT2D eigenvalue weighted by molar-refractivity contribution is 0.224. The average Bonchev–Trinajstić information content (AvgIpc) is 3.02. The molecule has 0 bridgehead atoms. The van der Waals surface area contributed by atoms with Gasteiger partial charge in [-0.25, -0.2) is 9.97 Å². The van der Waals surface area contributed by atoms with Crippen LogP contribution >= 0.6 is 0 Å². The van der Waals surface area contributed by atoms with Gasteiger partial charge in [-0.3, -0.25) is 9.55 Å². The van der Waals surface area contributed by atoms with Crippen LogP contribution in [0.15, 0.2) is 42.7 Å². The summed E-state index contributed by atoms with van der Waals surface area (Å²) in [4.78, 5) is 16.2. The molecule has 26 heavy (non-hydrogen) atoms. The molecular weight excluding hydrogens is 326 g/mol. The molecule has 1 aliphatic rings. The fourth-order valence-electron chi connectivity index (χ4n) is 3.54. The monoisotopic (exact) mass is 351 g/mol. The Labute approximate surface area is 153 Å². The van der Waals surface area contributed by atoms with E-state index in [9.17, 15) is 0 Å². The van der Waals surface area contributed by atoms with Gasteiger partial charge in [0.15, 0.2) is 5.65 Å². The van der Waals surface area contributed by atoms with Gasteiger partial charge in [0.05, 0.1) is 12.2 Å². The van der Waals surface area contributed by atoms with Crippen molar-refractivity contribution in [1.29, 1.82) is 0 Å².